The average molecular weight is 223 g/mol. The molecule has 0 heterocycles. The molecule has 7 nitrogen and oxygen atoms in total. The Morgan fingerprint density at radius 1 is 1.13 bits per heavy atom. The molecule has 3 unspecified atom stereocenters. The van der Waals surface area contributed by atoms with Gasteiger partial charge in [0, 0.05) is 20.5 Å². The van der Waals surface area contributed by atoms with Crippen molar-refractivity contribution in [2.75, 3.05) is 13.6 Å². The lowest BCUT2D eigenvalue weighted by atomic mass is 10.1. The second kappa shape index (κ2) is 5.99. The zero-order chi connectivity index (χ0) is 12.2. The molecule has 5 N–H and O–H groups in total. The van der Waals surface area contributed by atoms with Gasteiger partial charge >= 0.3 is 0 Å². The molecular weight excluding hydrogens is 206 g/mol. The van der Waals surface area contributed by atoms with Crippen molar-refractivity contribution in [1.29, 1.82) is 0 Å². The molecule has 7 heteroatoms. The highest BCUT2D eigenvalue weighted by Crippen LogP contribution is 2.04. The minimum Gasteiger partial charge on any atom is -0.388 e. The van der Waals surface area contributed by atoms with Gasteiger partial charge in [0.15, 0.2) is 6.29 Å². The van der Waals surface area contributed by atoms with Gasteiger partial charge in [-0.2, -0.15) is 0 Å². The Labute approximate surface area is 87.2 Å². The van der Waals surface area contributed by atoms with E-state index < -0.39 is 24.6 Å². The topological polar surface area (TPSA) is 121 Å². The Hall–Kier alpha value is -0.730. The largest absolute Gasteiger partial charge is 0.388 e. The maximum atomic E-state index is 10.8. The third-order valence-electron chi connectivity index (χ3n) is 2.05. The molecule has 0 spiro atoms. The maximum absolute atomic E-state index is 10.8. The Morgan fingerprint density at radius 2 is 1.60 bits per heavy atom. The van der Waals surface area contributed by atoms with Gasteiger partial charge in [-0.25, -0.2) is 0 Å². The zero-order valence-electron chi connectivity index (χ0n) is 8.61. The molecule has 0 aliphatic heterocycles. The van der Waals surface area contributed by atoms with Gasteiger partial charge in [0.25, 0.3) is 0 Å². The minimum absolute atomic E-state index is 0.208. The lowest BCUT2D eigenvalue weighted by molar-refractivity contribution is -0.178. The molecule has 0 saturated heterocycles. The summed E-state index contributed by atoms with van der Waals surface area (Å²) in [5.74, 6) is -0.319. The number of amides is 1. The number of hydrogen-bond donors (Lipinski definition) is 5. The van der Waals surface area contributed by atoms with Crippen molar-refractivity contribution >= 4 is 5.91 Å². The molecule has 3 atom stereocenters. The van der Waals surface area contributed by atoms with Crippen molar-refractivity contribution in [3.05, 3.63) is 0 Å². The van der Waals surface area contributed by atoms with Crippen LogP contribution in [0.1, 0.15) is 6.92 Å². The van der Waals surface area contributed by atoms with Gasteiger partial charge in [0.1, 0.15) is 18.3 Å². The van der Waals surface area contributed by atoms with Crippen molar-refractivity contribution in [3.63, 3.8) is 0 Å². The monoisotopic (exact) mass is 223 g/mol. The predicted octanol–water partition coefficient (Wildman–Crippen LogP) is -3.14. The molecule has 0 rings (SSSR count). The zero-order valence-corrected chi connectivity index (χ0v) is 8.61. The Morgan fingerprint density at radius 3 is 1.93 bits per heavy atom. The molecule has 0 fully saturated rings. The van der Waals surface area contributed by atoms with Crippen LogP contribution in [0.5, 0.6) is 0 Å². The molecule has 1 amide bonds. The molecule has 0 aliphatic carbocycles. The van der Waals surface area contributed by atoms with Crippen molar-refractivity contribution in [3.8, 4) is 0 Å². The number of aliphatic hydroxyl groups is 5. The van der Waals surface area contributed by atoms with Crippen LogP contribution in [0, 0.1) is 0 Å². The van der Waals surface area contributed by atoms with E-state index in [1.54, 1.807) is 0 Å². The first-order valence-corrected chi connectivity index (χ1v) is 4.39. The summed E-state index contributed by atoms with van der Waals surface area (Å²) in [5, 5.41) is 44.6. The Kier molecular flexibility index (Phi) is 5.69. The number of hydrogen-bond acceptors (Lipinski definition) is 6. The van der Waals surface area contributed by atoms with E-state index in [0.717, 1.165) is 4.90 Å². The fourth-order valence-electron chi connectivity index (χ4n) is 0.921. The van der Waals surface area contributed by atoms with Crippen LogP contribution in [0.15, 0.2) is 0 Å². The van der Waals surface area contributed by atoms with E-state index in [1.165, 1.54) is 14.0 Å². The summed E-state index contributed by atoms with van der Waals surface area (Å²) >= 11 is 0. The standard InChI is InChI=1S/C8H17NO6/c1-4(10)9(2)3-5(11)6(12)7(13)8(14)15/h5-8,11-15H,3H2,1-2H3. The molecule has 0 aromatic rings. The van der Waals surface area contributed by atoms with E-state index in [2.05, 4.69) is 0 Å². The van der Waals surface area contributed by atoms with Crippen LogP contribution in [0.3, 0.4) is 0 Å². The van der Waals surface area contributed by atoms with Gasteiger partial charge < -0.3 is 30.4 Å². The van der Waals surface area contributed by atoms with E-state index in [9.17, 15) is 15.0 Å². The smallest absolute Gasteiger partial charge is 0.219 e. The summed E-state index contributed by atoms with van der Waals surface area (Å²) < 4.78 is 0. The molecule has 0 aromatic heterocycles. The van der Waals surface area contributed by atoms with Crippen LogP contribution < -0.4 is 0 Å². The summed E-state index contributed by atoms with van der Waals surface area (Å²) in [6.45, 7) is 1.07. The third-order valence-corrected chi connectivity index (χ3v) is 2.05. The van der Waals surface area contributed by atoms with E-state index in [4.69, 9.17) is 15.3 Å². The highest BCUT2D eigenvalue weighted by molar-refractivity contribution is 5.72. The van der Waals surface area contributed by atoms with Crippen LogP contribution in [0.2, 0.25) is 0 Å². The fourth-order valence-corrected chi connectivity index (χ4v) is 0.921. The van der Waals surface area contributed by atoms with Crippen molar-refractivity contribution in [2.45, 2.75) is 31.5 Å². The normalized spacial score (nSPS) is 17.3. The first-order valence-electron chi connectivity index (χ1n) is 4.39. The van der Waals surface area contributed by atoms with E-state index in [0.29, 0.717) is 0 Å². The lowest BCUT2D eigenvalue weighted by Gasteiger charge is -2.26. The average Bonchev–Trinajstić information content (AvgIpc) is 2.14. The predicted molar refractivity (Wildman–Crippen MR) is 49.6 cm³/mol. The molecule has 90 valence electrons. The van der Waals surface area contributed by atoms with Gasteiger partial charge in [0.05, 0.1) is 0 Å². The highest BCUT2D eigenvalue weighted by Gasteiger charge is 2.30. The third kappa shape index (κ3) is 4.54. The molecule has 0 bridgehead atoms. The Bertz CT molecular complexity index is 209. The van der Waals surface area contributed by atoms with Gasteiger partial charge in [-0.1, -0.05) is 0 Å². The van der Waals surface area contributed by atoms with Crippen molar-refractivity contribution in [1.82, 2.24) is 4.90 Å². The number of nitrogens with zero attached hydrogens (tertiary/aromatic N) is 1. The maximum Gasteiger partial charge on any atom is 0.219 e. The number of carbonyl (C=O) groups is 1. The van der Waals surface area contributed by atoms with Crippen LogP contribution in [0.4, 0.5) is 0 Å². The molecule has 0 aromatic carbocycles. The summed E-state index contributed by atoms with van der Waals surface area (Å²) in [4.78, 5) is 11.9. The number of rotatable bonds is 5. The number of aliphatic hydroxyl groups excluding tert-OH is 4. The van der Waals surface area contributed by atoms with Crippen LogP contribution >= 0.6 is 0 Å². The molecule has 0 radical (unpaired) electrons. The van der Waals surface area contributed by atoms with Crippen LogP contribution in [-0.4, -0.2) is 74.5 Å². The lowest BCUT2D eigenvalue weighted by Crippen LogP contribution is -2.48. The summed E-state index contributed by atoms with van der Waals surface area (Å²) in [6, 6.07) is 0. The van der Waals surface area contributed by atoms with E-state index in [-0.39, 0.29) is 12.5 Å². The highest BCUT2D eigenvalue weighted by atomic mass is 16.5. The second-order valence-electron chi connectivity index (χ2n) is 3.36. The fraction of sp³-hybridized carbons (Fsp3) is 0.875. The van der Waals surface area contributed by atoms with Gasteiger partial charge in [-0.15, -0.1) is 0 Å². The van der Waals surface area contributed by atoms with Crippen LogP contribution in [-0.2, 0) is 4.79 Å². The van der Waals surface area contributed by atoms with Gasteiger partial charge in [-0.05, 0) is 0 Å². The number of likely N-dealkylation sites (N-methyl/N-ethyl adjacent to an activating group) is 1. The van der Waals surface area contributed by atoms with E-state index >= 15 is 0 Å². The first-order chi connectivity index (χ1) is 6.77. The molecule has 15 heavy (non-hydrogen) atoms. The van der Waals surface area contributed by atoms with Crippen molar-refractivity contribution in [2.24, 2.45) is 0 Å². The second-order valence-corrected chi connectivity index (χ2v) is 3.36. The van der Waals surface area contributed by atoms with Crippen LogP contribution in [0.25, 0.3) is 0 Å². The molecular formula is C8H17NO6. The van der Waals surface area contributed by atoms with Crippen molar-refractivity contribution < 1.29 is 30.3 Å². The summed E-state index contributed by atoms with van der Waals surface area (Å²) in [7, 11) is 1.40. The minimum atomic E-state index is -2.14. The summed E-state index contributed by atoms with van der Waals surface area (Å²) in [6.07, 6.45) is -7.19. The first kappa shape index (κ1) is 14.3. The summed E-state index contributed by atoms with van der Waals surface area (Å²) in [5.41, 5.74) is 0. The van der Waals surface area contributed by atoms with E-state index in [1.807, 2.05) is 0 Å². The SMILES string of the molecule is CC(=O)N(C)CC(O)C(O)C(O)C(O)O. The quantitative estimate of drug-likeness (QED) is 0.314. The number of carbonyl (C=O) groups excluding carboxylic acids is 1. The molecule has 0 aliphatic rings. The molecule has 0 saturated carbocycles. The Balaban J connectivity index is 4.20. The van der Waals surface area contributed by atoms with Gasteiger partial charge in [-0.3, -0.25) is 4.79 Å². The van der Waals surface area contributed by atoms with Gasteiger partial charge in [0.2, 0.25) is 5.91 Å².